The van der Waals surface area contributed by atoms with Gasteiger partial charge in [-0.25, -0.2) is 0 Å². The molecular formula is C13H25NO6S. The lowest BCUT2D eigenvalue weighted by Crippen LogP contribution is -2.59. The monoisotopic (exact) mass is 323 g/mol. The molecule has 8 heteroatoms. The number of H-pyrrole nitrogens is 1. The van der Waals surface area contributed by atoms with E-state index in [1.165, 1.54) is 0 Å². The summed E-state index contributed by atoms with van der Waals surface area (Å²) in [5, 5.41) is 37.3. The van der Waals surface area contributed by atoms with Crippen LogP contribution in [0.4, 0.5) is 0 Å². The van der Waals surface area contributed by atoms with E-state index in [9.17, 15) is 15.3 Å². The number of hydrogen-bond acceptors (Lipinski definition) is 6. The van der Waals surface area contributed by atoms with E-state index in [4.69, 9.17) is 14.6 Å². The van der Waals surface area contributed by atoms with Crippen molar-refractivity contribution in [3.63, 3.8) is 0 Å². The summed E-state index contributed by atoms with van der Waals surface area (Å²) < 4.78 is 10.3. The number of aliphatic hydroxyl groups is 4. The molecule has 5 atom stereocenters. The van der Waals surface area contributed by atoms with Gasteiger partial charge in [-0.2, -0.15) is 13.5 Å². The van der Waals surface area contributed by atoms with Crippen molar-refractivity contribution in [2.45, 2.75) is 50.7 Å². The summed E-state index contributed by atoms with van der Waals surface area (Å²) in [6.07, 6.45) is -2.40. The predicted octanol–water partition coefficient (Wildman–Crippen LogP) is -0.661. The Labute approximate surface area is 131 Å². The predicted molar refractivity (Wildman–Crippen MR) is 81.2 cm³/mol. The van der Waals surface area contributed by atoms with Gasteiger partial charge in [0.1, 0.15) is 24.4 Å². The first-order valence-electron chi connectivity index (χ1n) is 6.51. The third-order valence-corrected chi connectivity index (χ3v) is 2.75. The average molecular weight is 323 g/mol. The smallest absolute Gasteiger partial charge is 0.186 e. The van der Waals surface area contributed by atoms with Crippen molar-refractivity contribution in [2.75, 3.05) is 6.61 Å². The van der Waals surface area contributed by atoms with Crippen molar-refractivity contribution in [3.05, 3.63) is 24.5 Å². The van der Waals surface area contributed by atoms with E-state index in [0.29, 0.717) is 0 Å². The molecule has 1 aromatic rings. The van der Waals surface area contributed by atoms with Crippen LogP contribution < -0.4 is 0 Å². The molecule has 1 fully saturated rings. The second kappa shape index (κ2) is 10.2. The molecule has 1 aromatic heterocycles. The molecule has 2 heterocycles. The summed E-state index contributed by atoms with van der Waals surface area (Å²) >= 11 is 0. The van der Waals surface area contributed by atoms with E-state index in [-0.39, 0.29) is 19.6 Å². The van der Waals surface area contributed by atoms with Gasteiger partial charge in [0.2, 0.25) is 0 Å². The van der Waals surface area contributed by atoms with Gasteiger partial charge in [0.25, 0.3) is 0 Å². The summed E-state index contributed by atoms with van der Waals surface area (Å²) in [4.78, 5) is 2.86. The minimum Gasteiger partial charge on any atom is -0.394 e. The van der Waals surface area contributed by atoms with Gasteiger partial charge in [0, 0.05) is 12.4 Å². The molecule has 0 radical (unpaired) electrons. The Morgan fingerprint density at radius 2 is 1.67 bits per heavy atom. The van der Waals surface area contributed by atoms with Crippen molar-refractivity contribution in [2.24, 2.45) is 0 Å². The minimum atomic E-state index is -1.38. The molecule has 1 saturated heterocycles. The fourth-order valence-corrected chi connectivity index (χ4v) is 1.73. The number of aromatic amines is 1. The third-order valence-electron chi connectivity index (χ3n) is 2.75. The molecule has 1 aliphatic heterocycles. The number of hydrogen-bond donors (Lipinski definition) is 5. The summed E-state index contributed by atoms with van der Waals surface area (Å²) in [7, 11) is 0. The highest BCUT2D eigenvalue weighted by atomic mass is 32.1. The summed E-state index contributed by atoms with van der Waals surface area (Å²) in [6, 6.07) is 3.89. The molecule has 0 spiro atoms. The Hall–Kier alpha value is -0.610. The van der Waals surface area contributed by atoms with Crippen LogP contribution in [0.3, 0.4) is 0 Å². The van der Waals surface area contributed by atoms with Crippen molar-refractivity contribution < 1.29 is 29.9 Å². The van der Waals surface area contributed by atoms with Crippen molar-refractivity contribution >= 4 is 13.5 Å². The maximum Gasteiger partial charge on any atom is 0.186 e. The Kier molecular flexibility index (Phi) is 9.88. The van der Waals surface area contributed by atoms with Crippen LogP contribution in [-0.2, 0) is 9.47 Å². The summed E-state index contributed by atoms with van der Waals surface area (Å²) in [5.74, 6) is 0. The van der Waals surface area contributed by atoms with E-state index in [1.54, 1.807) is 13.8 Å². The first-order chi connectivity index (χ1) is 9.47. The Morgan fingerprint density at radius 3 is 2.05 bits per heavy atom. The minimum absolute atomic E-state index is 0. The fraction of sp³-hybridized carbons (Fsp3) is 0.692. The van der Waals surface area contributed by atoms with E-state index in [0.717, 1.165) is 0 Å². The molecule has 1 aliphatic rings. The Bertz CT molecular complexity index is 331. The molecule has 2 rings (SSSR count). The standard InChI is InChI=1S/C9H18O6.C4H5N.H2S/c1-4(2)14-9-8(13)7(12)6(11)5(3-10)15-9;1-2-4-5-3-1;/h4-13H,3H2,1-2H3;1-5H;1H2/t5-,6+,7+,8-,9-;;/m1../s1. The van der Waals surface area contributed by atoms with E-state index in [2.05, 4.69) is 4.98 Å². The van der Waals surface area contributed by atoms with Gasteiger partial charge in [-0.1, -0.05) is 0 Å². The van der Waals surface area contributed by atoms with Crippen LogP contribution in [0.25, 0.3) is 0 Å². The van der Waals surface area contributed by atoms with Crippen LogP contribution >= 0.6 is 13.5 Å². The topological polar surface area (TPSA) is 115 Å². The highest BCUT2D eigenvalue weighted by Gasteiger charge is 2.44. The van der Waals surface area contributed by atoms with Crippen LogP contribution in [0, 0.1) is 0 Å². The van der Waals surface area contributed by atoms with Crippen LogP contribution in [0.1, 0.15) is 13.8 Å². The zero-order valence-corrected chi connectivity index (χ0v) is 13.1. The highest BCUT2D eigenvalue weighted by Crippen LogP contribution is 2.22. The second-order valence-corrected chi connectivity index (χ2v) is 4.77. The number of rotatable bonds is 3. The van der Waals surface area contributed by atoms with Crippen molar-refractivity contribution in [1.29, 1.82) is 0 Å². The maximum atomic E-state index is 9.53. The van der Waals surface area contributed by atoms with Gasteiger partial charge in [-0.05, 0) is 26.0 Å². The molecule has 0 unspecified atom stereocenters. The summed E-state index contributed by atoms with van der Waals surface area (Å²) in [6.45, 7) is 3.06. The van der Waals surface area contributed by atoms with Crippen LogP contribution in [-0.4, -0.2) is 68.8 Å². The quantitative estimate of drug-likeness (QED) is 0.504. The van der Waals surface area contributed by atoms with Gasteiger partial charge in [0.05, 0.1) is 12.7 Å². The largest absolute Gasteiger partial charge is 0.394 e. The number of nitrogens with one attached hydrogen (secondary N) is 1. The van der Waals surface area contributed by atoms with Gasteiger partial charge in [-0.3, -0.25) is 0 Å². The highest BCUT2D eigenvalue weighted by molar-refractivity contribution is 7.59. The van der Waals surface area contributed by atoms with E-state index in [1.807, 2.05) is 24.5 Å². The van der Waals surface area contributed by atoms with Crippen LogP contribution in [0.5, 0.6) is 0 Å². The first-order valence-corrected chi connectivity index (χ1v) is 6.51. The molecule has 21 heavy (non-hydrogen) atoms. The lowest BCUT2D eigenvalue weighted by atomic mass is 9.99. The SMILES string of the molecule is CC(C)O[C@@H]1O[C@H](CO)[C@H](O)[C@H](O)[C@H]1O.S.c1cc[nH]c1. The molecule has 0 bridgehead atoms. The number of aliphatic hydroxyl groups excluding tert-OH is 4. The lowest BCUT2D eigenvalue weighted by molar-refractivity contribution is -0.308. The van der Waals surface area contributed by atoms with Crippen molar-refractivity contribution in [1.82, 2.24) is 4.98 Å². The molecular weight excluding hydrogens is 298 g/mol. The van der Waals surface area contributed by atoms with Gasteiger partial charge < -0.3 is 34.9 Å². The molecule has 0 amide bonds. The zero-order chi connectivity index (χ0) is 15.1. The Morgan fingerprint density at radius 1 is 1.10 bits per heavy atom. The first kappa shape index (κ1) is 20.4. The van der Waals surface area contributed by atoms with Crippen molar-refractivity contribution in [3.8, 4) is 0 Å². The Balaban J connectivity index is 0.000000562. The molecule has 124 valence electrons. The normalized spacial score (nSPS) is 32.0. The molecule has 0 aromatic carbocycles. The van der Waals surface area contributed by atoms with E-state index >= 15 is 0 Å². The summed E-state index contributed by atoms with van der Waals surface area (Å²) in [5.41, 5.74) is 0. The average Bonchev–Trinajstić information content (AvgIpc) is 2.98. The van der Waals surface area contributed by atoms with Crippen LogP contribution in [0.2, 0.25) is 0 Å². The second-order valence-electron chi connectivity index (χ2n) is 4.77. The van der Waals surface area contributed by atoms with Gasteiger partial charge in [0.15, 0.2) is 6.29 Å². The maximum absolute atomic E-state index is 9.53. The van der Waals surface area contributed by atoms with Crippen LogP contribution in [0.15, 0.2) is 24.5 Å². The lowest BCUT2D eigenvalue weighted by Gasteiger charge is -2.40. The van der Waals surface area contributed by atoms with Gasteiger partial charge >= 0.3 is 0 Å². The van der Waals surface area contributed by atoms with E-state index < -0.39 is 37.3 Å². The fourth-order valence-electron chi connectivity index (χ4n) is 1.73. The number of ether oxygens (including phenoxy) is 2. The molecule has 0 saturated carbocycles. The molecule has 0 aliphatic carbocycles. The third kappa shape index (κ3) is 6.35. The molecule has 7 nitrogen and oxygen atoms in total. The number of aromatic nitrogens is 1. The zero-order valence-electron chi connectivity index (χ0n) is 12.1. The van der Waals surface area contributed by atoms with Gasteiger partial charge in [-0.15, -0.1) is 0 Å². The molecule has 5 N–H and O–H groups in total.